The summed E-state index contributed by atoms with van der Waals surface area (Å²) in [7, 11) is 4.57. The van der Waals surface area contributed by atoms with Crippen molar-refractivity contribution in [1.82, 2.24) is 9.80 Å². The monoisotopic (exact) mass is 390 g/mol. The van der Waals surface area contributed by atoms with Gasteiger partial charge in [0.15, 0.2) is 0 Å². The maximum absolute atomic E-state index is 13.6. The fourth-order valence-corrected chi connectivity index (χ4v) is 1.63. The van der Waals surface area contributed by atoms with Gasteiger partial charge >= 0.3 is 126 Å². The zero-order valence-electron chi connectivity index (χ0n) is 11.6. The summed E-state index contributed by atoms with van der Waals surface area (Å²) in [6, 6.07) is 0. The molecule has 0 aliphatic rings. The number of rotatable bonds is 9. The van der Waals surface area contributed by atoms with E-state index in [1.54, 1.807) is 14.1 Å². The fraction of sp³-hybridized carbons (Fsp3) is 0.909. The quantitative estimate of drug-likeness (QED) is 0.438. The van der Waals surface area contributed by atoms with Crippen LogP contribution in [0, 0.1) is 0 Å². The van der Waals surface area contributed by atoms with Gasteiger partial charge in [-0.05, 0) is 0 Å². The Morgan fingerprint density at radius 1 is 0.810 bits per heavy atom. The van der Waals surface area contributed by atoms with Crippen molar-refractivity contribution in [2.75, 3.05) is 27.7 Å². The number of halogens is 7. The molecule has 126 valence electrons. The third-order valence-corrected chi connectivity index (χ3v) is 4.08. The van der Waals surface area contributed by atoms with Crippen LogP contribution >= 0.6 is 0 Å². The molecule has 0 saturated carbocycles. The molecule has 0 radical (unpaired) electrons. The average Bonchev–Trinajstić information content (AvgIpc) is 2.42. The van der Waals surface area contributed by atoms with E-state index in [1.165, 1.54) is 16.8 Å². The van der Waals surface area contributed by atoms with Crippen molar-refractivity contribution in [2.24, 2.45) is 0 Å². The predicted octanol–water partition coefficient (Wildman–Crippen LogP) is 1.69. The molecule has 0 aliphatic carbocycles. The van der Waals surface area contributed by atoms with Gasteiger partial charge in [0.1, 0.15) is 0 Å². The standard InChI is InChI=1S/C11H17F7N2Se/c1-19(2)11(21)20(3)4-5(12)6(13)7(14)8(15)9(16)10(17)18/h5-10H,4H2,1-3H3. The van der Waals surface area contributed by atoms with Crippen LogP contribution in [0.2, 0.25) is 0 Å². The number of alkyl halides is 7. The van der Waals surface area contributed by atoms with Gasteiger partial charge in [0, 0.05) is 0 Å². The van der Waals surface area contributed by atoms with Gasteiger partial charge in [-0.15, -0.1) is 0 Å². The van der Waals surface area contributed by atoms with E-state index in [9.17, 15) is 30.7 Å². The Bertz CT molecular complexity index is 332. The normalized spacial score (nSPS) is 18.8. The Labute approximate surface area is 126 Å². The predicted molar refractivity (Wildman–Crippen MR) is 67.6 cm³/mol. The first-order chi connectivity index (χ1) is 9.50. The van der Waals surface area contributed by atoms with Crippen LogP contribution in [0.4, 0.5) is 30.7 Å². The zero-order chi connectivity index (χ0) is 16.9. The van der Waals surface area contributed by atoms with Gasteiger partial charge in [-0.1, -0.05) is 0 Å². The molecule has 2 nitrogen and oxygen atoms in total. The van der Waals surface area contributed by atoms with E-state index in [0.29, 0.717) is 4.67 Å². The van der Waals surface area contributed by atoms with Crippen LogP contribution in [0.25, 0.3) is 0 Å². The first kappa shape index (κ1) is 20.5. The molecule has 0 heterocycles. The molecule has 21 heavy (non-hydrogen) atoms. The fourth-order valence-electron chi connectivity index (χ4n) is 1.47. The summed E-state index contributed by atoms with van der Waals surface area (Å²) in [5, 5.41) is 0. The molecule has 5 atom stereocenters. The molecule has 0 rings (SSSR count). The Kier molecular flexibility index (Phi) is 8.61. The molecular weight excluding hydrogens is 372 g/mol. The molecule has 0 fully saturated rings. The first-order valence-corrected chi connectivity index (χ1v) is 6.77. The summed E-state index contributed by atoms with van der Waals surface area (Å²) < 4.78 is 90.0. The van der Waals surface area contributed by atoms with Crippen molar-refractivity contribution in [3.05, 3.63) is 0 Å². The van der Waals surface area contributed by atoms with Crippen LogP contribution in [0.5, 0.6) is 0 Å². The summed E-state index contributed by atoms with van der Waals surface area (Å²) in [5.74, 6) is 0. The molecule has 0 aromatic carbocycles. The van der Waals surface area contributed by atoms with Gasteiger partial charge in [0.05, 0.1) is 0 Å². The van der Waals surface area contributed by atoms with Crippen molar-refractivity contribution in [3.8, 4) is 0 Å². The van der Waals surface area contributed by atoms with E-state index in [-0.39, 0.29) is 0 Å². The van der Waals surface area contributed by atoms with E-state index in [4.69, 9.17) is 0 Å². The first-order valence-electron chi connectivity index (χ1n) is 5.91. The van der Waals surface area contributed by atoms with Gasteiger partial charge in [-0.3, -0.25) is 0 Å². The van der Waals surface area contributed by atoms with Crippen molar-refractivity contribution in [3.63, 3.8) is 0 Å². The maximum atomic E-state index is 13.6. The summed E-state index contributed by atoms with van der Waals surface area (Å²) >= 11 is 2.56. The van der Waals surface area contributed by atoms with Gasteiger partial charge in [0.2, 0.25) is 0 Å². The van der Waals surface area contributed by atoms with E-state index in [0.717, 1.165) is 0 Å². The Morgan fingerprint density at radius 3 is 1.62 bits per heavy atom. The molecule has 0 N–H and O–H groups in total. The van der Waals surface area contributed by atoms with Crippen molar-refractivity contribution in [1.29, 1.82) is 0 Å². The molecule has 0 bridgehead atoms. The van der Waals surface area contributed by atoms with Crippen molar-refractivity contribution < 1.29 is 30.7 Å². The third-order valence-electron chi connectivity index (χ3n) is 2.66. The van der Waals surface area contributed by atoms with E-state index >= 15 is 0 Å². The second-order valence-electron chi connectivity index (χ2n) is 4.69. The Hall–Kier alpha value is -0.501. The summed E-state index contributed by atoms with van der Waals surface area (Å²) in [5.41, 5.74) is 0. The number of hydrogen-bond acceptors (Lipinski definition) is 2. The second kappa shape index (κ2) is 8.82. The van der Waals surface area contributed by atoms with E-state index in [2.05, 4.69) is 15.6 Å². The van der Waals surface area contributed by atoms with Gasteiger partial charge in [-0.2, -0.15) is 0 Å². The van der Waals surface area contributed by atoms with Gasteiger partial charge in [0.25, 0.3) is 0 Å². The van der Waals surface area contributed by atoms with E-state index < -0.39 is 43.8 Å². The second-order valence-corrected chi connectivity index (χ2v) is 5.45. The third kappa shape index (κ3) is 6.02. The number of hydrogen-bond donors (Lipinski definition) is 0. The van der Waals surface area contributed by atoms with Crippen LogP contribution in [0.3, 0.4) is 0 Å². The van der Waals surface area contributed by atoms with E-state index in [1.807, 2.05) is 0 Å². The minimum absolute atomic E-state index is 0.396. The summed E-state index contributed by atoms with van der Waals surface area (Å²) in [6.07, 6.45) is -19.6. The topological polar surface area (TPSA) is 6.48 Å². The summed E-state index contributed by atoms with van der Waals surface area (Å²) in [6.45, 7) is -0.652. The Morgan fingerprint density at radius 2 is 1.24 bits per heavy atom. The average molecular weight is 389 g/mol. The van der Waals surface area contributed by atoms with Crippen LogP contribution in [0.15, 0.2) is 0 Å². The van der Waals surface area contributed by atoms with Crippen molar-refractivity contribution in [2.45, 2.75) is 37.3 Å². The molecule has 0 amide bonds. The van der Waals surface area contributed by atoms with Gasteiger partial charge in [-0.25, -0.2) is 0 Å². The molecular formula is C11H17F7N2Se. The van der Waals surface area contributed by atoms with Crippen LogP contribution < -0.4 is 0 Å². The van der Waals surface area contributed by atoms with Crippen LogP contribution in [-0.2, 0) is 0 Å². The van der Waals surface area contributed by atoms with Gasteiger partial charge < -0.3 is 0 Å². The molecule has 10 heteroatoms. The molecule has 0 spiro atoms. The van der Waals surface area contributed by atoms with Crippen molar-refractivity contribution >= 4 is 20.2 Å². The van der Waals surface area contributed by atoms with Crippen LogP contribution in [0.1, 0.15) is 0 Å². The molecule has 0 aliphatic heterocycles. The number of nitrogens with zero attached hydrogens (tertiary/aromatic N) is 2. The molecule has 0 aromatic rings. The summed E-state index contributed by atoms with van der Waals surface area (Å²) in [4.78, 5) is 2.72. The molecule has 0 aromatic heterocycles. The minimum atomic E-state index is -3.80. The molecule has 5 unspecified atom stereocenters. The molecule has 0 saturated heterocycles. The zero-order valence-corrected chi connectivity index (χ0v) is 13.3. The Balaban J connectivity index is 4.62. The SMILES string of the molecule is CN(C)C(=[Se])N(C)CC(F)C(F)C(F)C(F)C(F)C(F)F. The van der Waals surface area contributed by atoms with Crippen LogP contribution in [-0.4, -0.2) is 95.0 Å².